The first kappa shape index (κ1) is 17.9. The SMILES string of the molecule is CCn1c([C@@H]2CCCN(S(=O)(=O)c3cn(C)c(C)n3)C2)nn(C)c1=O. The van der Waals surface area contributed by atoms with Gasteiger partial charge in [-0.25, -0.2) is 22.9 Å². The molecular formula is C15H24N6O3S. The minimum atomic E-state index is -3.65. The van der Waals surface area contributed by atoms with Gasteiger partial charge in [-0.05, 0) is 26.7 Å². The van der Waals surface area contributed by atoms with Gasteiger partial charge in [-0.15, -0.1) is 0 Å². The van der Waals surface area contributed by atoms with Crippen molar-refractivity contribution in [1.29, 1.82) is 0 Å². The minimum Gasteiger partial charge on any atom is -0.337 e. The van der Waals surface area contributed by atoms with E-state index in [1.54, 1.807) is 30.2 Å². The number of aromatic nitrogens is 5. The van der Waals surface area contributed by atoms with Gasteiger partial charge in [-0.2, -0.15) is 9.40 Å². The van der Waals surface area contributed by atoms with Crippen LogP contribution in [0.25, 0.3) is 0 Å². The Morgan fingerprint density at radius 2 is 2.04 bits per heavy atom. The number of hydrogen-bond donors (Lipinski definition) is 0. The fourth-order valence-electron chi connectivity index (χ4n) is 3.28. The number of hydrogen-bond acceptors (Lipinski definition) is 5. The van der Waals surface area contributed by atoms with Crippen LogP contribution in [0.15, 0.2) is 16.0 Å². The van der Waals surface area contributed by atoms with Crippen molar-refractivity contribution in [2.24, 2.45) is 14.1 Å². The van der Waals surface area contributed by atoms with Gasteiger partial charge in [-0.3, -0.25) is 4.57 Å². The summed E-state index contributed by atoms with van der Waals surface area (Å²) < 4.78 is 31.9. The van der Waals surface area contributed by atoms with Crippen LogP contribution in [0.4, 0.5) is 0 Å². The highest BCUT2D eigenvalue weighted by Gasteiger charge is 2.34. The van der Waals surface area contributed by atoms with Crippen molar-refractivity contribution in [3.05, 3.63) is 28.3 Å². The lowest BCUT2D eigenvalue weighted by atomic mass is 9.99. The van der Waals surface area contributed by atoms with Gasteiger partial charge < -0.3 is 4.57 Å². The third kappa shape index (κ3) is 3.04. The van der Waals surface area contributed by atoms with Crippen molar-refractivity contribution in [2.45, 2.75) is 44.2 Å². The summed E-state index contributed by atoms with van der Waals surface area (Å²) in [6, 6.07) is 0. The highest BCUT2D eigenvalue weighted by molar-refractivity contribution is 7.89. The smallest absolute Gasteiger partial charge is 0.337 e. The van der Waals surface area contributed by atoms with Gasteiger partial charge in [0.05, 0.1) is 0 Å². The lowest BCUT2D eigenvalue weighted by Crippen LogP contribution is -2.40. The minimum absolute atomic E-state index is 0.0713. The molecule has 0 amide bonds. The second kappa shape index (κ2) is 6.41. The van der Waals surface area contributed by atoms with E-state index in [-0.39, 0.29) is 16.6 Å². The van der Waals surface area contributed by atoms with Crippen molar-refractivity contribution >= 4 is 10.0 Å². The Hall–Kier alpha value is -1.94. The summed E-state index contributed by atoms with van der Waals surface area (Å²) in [5.41, 5.74) is -0.169. The summed E-state index contributed by atoms with van der Waals surface area (Å²) in [5, 5.41) is 4.41. The van der Waals surface area contributed by atoms with Crippen molar-refractivity contribution in [3.8, 4) is 0 Å². The van der Waals surface area contributed by atoms with Crippen LogP contribution in [0, 0.1) is 6.92 Å². The first-order chi connectivity index (χ1) is 11.8. The number of sulfonamides is 1. The molecule has 0 bridgehead atoms. The maximum atomic E-state index is 12.9. The Labute approximate surface area is 146 Å². The molecule has 0 saturated carbocycles. The molecule has 0 aliphatic carbocycles. The molecule has 3 heterocycles. The van der Waals surface area contributed by atoms with E-state index in [1.165, 1.54) is 15.2 Å². The molecule has 0 N–H and O–H groups in total. The summed E-state index contributed by atoms with van der Waals surface area (Å²) >= 11 is 0. The molecule has 3 rings (SSSR count). The van der Waals surface area contributed by atoms with Crippen LogP contribution in [-0.2, 0) is 30.7 Å². The third-order valence-electron chi connectivity index (χ3n) is 4.79. The molecule has 1 aliphatic rings. The predicted octanol–water partition coefficient (Wildman–Crippen LogP) is 0.212. The quantitative estimate of drug-likeness (QED) is 0.769. The van der Waals surface area contributed by atoms with Crippen molar-refractivity contribution < 1.29 is 8.42 Å². The molecule has 1 atom stereocenters. The second-order valence-electron chi connectivity index (χ2n) is 6.45. The van der Waals surface area contributed by atoms with E-state index in [0.717, 1.165) is 12.8 Å². The summed E-state index contributed by atoms with van der Waals surface area (Å²) in [4.78, 5) is 16.3. The normalized spacial score (nSPS) is 19.4. The highest BCUT2D eigenvalue weighted by Crippen LogP contribution is 2.28. The largest absolute Gasteiger partial charge is 0.345 e. The number of rotatable bonds is 4. The fraction of sp³-hybridized carbons (Fsp3) is 0.667. The van der Waals surface area contributed by atoms with Crippen molar-refractivity contribution in [2.75, 3.05) is 13.1 Å². The average molecular weight is 368 g/mol. The van der Waals surface area contributed by atoms with Crippen LogP contribution in [0.1, 0.15) is 37.3 Å². The van der Waals surface area contributed by atoms with Gasteiger partial charge in [0, 0.05) is 45.8 Å². The van der Waals surface area contributed by atoms with E-state index >= 15 is 0 Å². The molecule has 10 heteroatoms. The first-order valence-corrected chi connectivity index (χ1v) is 9.83. The van der Waals surface area contributed by atoms with Gasteiger partial charge in [0.1, 0.15) is 11.6 Å². The monoisotopic (exact) mass is 368 g/mol. The van der Waals surface area contributed by atoms with E-state index in [4.69, 9.17) is 0 Å². The molecule has 9 nitrogen and oxygen atoms in total. The molecule has 25 heavy (non-hydrogen) atoms. The zero-order chi connectivity index (χ0) is 18.4. The average Bonchev–Trinajstić information content (AvgIpc) is 3.08. The summed E-state index contributed by atoms with van der Waals surface area (Å²) in [6.07, 6.45) is 3.07. The Morgan fingerprint density at radius 3 is 2.64 bits per heavy atom. The maximum Gasteiger partial charge on any atom is 0.345 e. The van der Waals surface area contributed by atoms with E-state index in [0.29, 0.717) is 31.3 Å². The third-order valence-corrected chi connectivity index (χ3v) is 6.53. The molecule has 0 radical (unpaired) electrons. The zero-order valence-corrected chi connectivity index (χ0v) is 15.8. The maximum absolute atomic E-state index is 12.9. The topological polar surface area (TPSA) is 95.0 Å². The second-order valence-corrected chi connectivity index (χ2v) is 8.33. The van der Waals surface area contributed by atoms with E-state index in [9.17, 15) is 13.2 Å². The van der Waals surface area contributed by atoms with Crippen LogP contribution in [0.5, 0.6) is 0 Å². The van der Waals surface area contributed by atoms with Crippen LogP contribution >= 0.6 is 0 Å². The van der Waals surface area contributed by atoms with E-state index < -0.39 is 10.0 Å². The number of nitrogens with zero attached hydrogens (tertiary/aromatic N) is 6. The van der Waals surface area contributed by atoms with E-state index in [2.05, 4.69) is 10.1 Å². The van der Waals surface area contributed by atoms with Gasteiger partial charge in [0.15, 0.2) is 5.03 Å². The molecule has 1 saturated heterocycles. The molecule has 0 aromatic carbocycles. The van der Waals surface area contributed by atoms with Gasteiger partial charge >= 0.3 is 5.69 Å². The van der Waals surface area contributed by atoms with Crippen LogP contribution in [0.2, 0.25) is 0 Å². The lowest BCUT2D eigenvalue weighted by Gasteiger charge is -2.30. The zero-order valence-electron chi connectivity index (χ0n) is 15.0. The summed E-state index contributed by atoms with van der Waals surface area (Å²) in [7, 11) is -0.259. The Morgan fingerprint density at radius 1 is 1.32 bits per heavy atom. The molecule has 1 fully saturated rings. The van der Waals surface area contributed by atoms with Crippen molar-refractivity contribution in [3.63, 3.8) is 0 Å². The summed E-state index contributed by atoms with van der Waals surface area (Å²) in [6.45, 7) is 4.95. The Balaban J connectivity index is 1.91. The number of imidazole rings is 1. The first-order valence-electron chi connectivity index (χ1n) is 8.39. The molecule has 1 aliphatic heterocycles. The molecule has 2 aromatic rings. The molecule has 138 valence electrons. The highest BCUT2D eigenvalue weighted by atomic mass is 32.2. The standard InChI is InChI=1S/C15H24N6O3S/c1-5-21-14(17-19(4)15(21)22)12-7-6-8-20(9-12)25(23,24)13-10-18(3)11(2)16-13/h10,12H,5-9H2,1-4H3/t12-/m1/s1. The van der Waals surface area contributed by atoms with Crippen LogP contribution in [-0.4, -0.2) is 49.7 Å². The Bertz CT molecular complexity index is 920. The lowest BCUT2D eigenvalue weighted by molar-refractivity contribution is 0.303. The molecular weight excluding hydrogens is 344 g/mol. The van der Waals surface area contributed by atoms with Gasteiger partial charge in [0.25, 0.3) is 10.0 Å². The summed E-state index contributed by atoms with van der Waals surface area (Å²) in [5.74, 6) is 1.21. The Kier molecular flexibility index (Phi) is 4.58. The fourth-order valence-corrected chi connectivity index (χ4v) is 4.83. The van der Waals surface area contributed by atoms with Crippen LogP contribution in [0.3, 0.4) is 0 Å². The number of piperidine rings is 1. The van der Waals surface area contributed by atoms with Gasteiger partial charge in [0.2, 0.25) is 0 Å². The molecule has 0 unspecified atom stereocenters. The molecule has 2 aromatic heterocycles. The number of aryl methyl sites for hydroxylation is 3. The van der Waals surface area contributed by atoms with Crippen molar-refractivity contribution in [1.82, 2.24) is 28.2 Å². The van der Waals surface area contributed by atoms with E-state index in [1.807, 2.05) is 6.92 Å². The van der Waals surface area contributed by atoms with Crippen LogP contribution < -0.4 is 5.69 Å². The van der Waals surface area contributed by atoms with Gasteiger partial charge in [-0.1, -0.05) is 0 Å². The predicted molar refractivity (Wildman–Crippen MR) is 91.8 cm³/mol. The molecule has 0 spiro atoms.